The van der Waals surface area contributed by atoms with Gasteiger partial charge in [-0.1, -0.05) is 17.7 Å². The molecule has 0 aliphatic heterocycles. The second-order valence-corrected chi connectivity index (χ2v) is 3.58. The van der Waals surface area contributed by atoms with Gasteiger partial charge in [0, 0.05) is 12.3 Å². The number of hydrogen-bond acceptors (Lipinski definition) is 1. The Hall–Kier alpha value is -1.18. The Bertz CT molecular complexity index is 357. The van der Waals surface area contributed by atoms with Gasteiger partial charge in [0.1, 0.15) is 11.6 Å². The van der Waals surface area contributed by atoms with Crippen LogP contribution in [0.25, 0.3) is 0 Å². The molecule has 0 N–H and O–H groups in total. The lowest BCUT2D eigenvalue weighted by molar-refractivity contribution is -0.125. The number of benzene rings is 1. The van der Waals surface area contributed by atoms with Crippen molar-refractivity contribution in [3.63, 3.8) is 0 Å². The topological polar surface area (TPSA) is 17.1 Å². The van der Waals surface area contributed by atoms with Crippen LogP contribution in [0.15, 0.2) is 18.2 Å². The van der Waals surface area contributed by atoms with Crippen LogP contribution in [0.5, 0.6) is 0 Å². The van der Waals surface area contributed by atoms with E-state index in [0.717, 1.165) is 12.0 Å². The third kappa shape index (κ3) is 1.37. The van der Waals surface area contributed by atoms with Crippen LogP contribution in [0.3, 0.4) is 0 Å². The van der Waals surface area contributed by atoms with Crippen molar-refractivity contribution >= 4 is 5.78 Å². The number of hydrogen-bond donors (Lipinski definition) is 0. The van der Waals surface area contributed by atoms with E-state index < -0.39 is 0 Å². The van der Waals surface area contributed by atoms with Crippen LogP contribution >= 0.6 is 0 Å². The van der Waals surface area contributed by atoms with E-state index in [-0.39, 0.29) is 17.5 Å². The number of aryl methyl sites for hydroxylation is 1. The van der Waals surface area contributed by atoms with Gasteiger partial charge in [-0.2, -0.15) is 0 Å². The summed E-state index contributed by atoms with van der Waals surface area (Å²) in [5.41, 5.74) is 1.59. The van der Waals surface area contributed by atoms with Crippen LogP contribution in [-0.4, -0.2) is 5.78 Å². The Morgan fingerprint density at radius 2 is 2.23 bits per heavy atom. The number of Topliss-reactive ketones (excluding diaryl/α,β-unsaturated/α-hetero) is 1. The lowest BCUT2D eigenvalue weighted by atomic mass is 9.78. The fourth-order valence-corrected chi connectivity index (χ4v) is 1.67. The number of carbonyl (C=O) groups is 1. The minimum absolute atomic E-state index is 0.167. The standard InChI is InChI=1S/C11H11FO/c1-7-2-4-10(12)9(6-7)8-3-5-11(8)13/h2,4,6,8H,3,5H2,1H3. The molecule has 1 fully saturated rings. The number of carbonyl (C=O) groups excluding carboxylic acids is 1. The number of ketones is 1. The maximum Gasteiger partial charge on any atom is 0.140 e. The van der Waals surface area contributed by atoms with Crippen LogP contribution in [0.1, 0.15) is 29.9 Å². The van der Waals surface area contributed by atoms with Gasteiger partial charge in [0.05, 0.1) is 0 Å². The summed E-state index contributed by atoms with van der Waals surface area (Å²) in [4.78, 5) is 11.1. The first-order chi connectivity index (χ1) is 6.18. The van der Waals surface area contributed by atoms with E-state index in [4.69, 9.17) is 0 Å². The highest BCUT2D eigenvalue weighted by Gasteiger charge is 2.31. The van der Waals surface area contributed by atoms with Crippen LogP contribution in [0, 0.1) is 12.7 Å². The van der Waals surface area contributed by atoms with Crippen LogP contribution in [0.2, 0.25) is 0 Å². The van der Waals surface area contributed by atoms with Crippen LogP contribution in [0.4, 0.5) is 4.39 Å². The van der Waals surface area contributed by atoms with Crippen molar-refractivity contribution in [1.82, 2.24) is 0 Å². The number of rotatable bonds is 1. The fraction of sp³-hybridized carbons (Fsp3) is 0.364. The molecule has 2 heteroatoms. The van der Waals surface area contributed by atoms with Crippen molar-refractivity contribution in [1.29, 1.82) is 0 Å². The van der Waals surface area contributed by atoms with Crippen molar-refractivity contribution in [2.24, 2.45) is 0 Å². The van der Waals surface area contributed by atoms with E-state index in [9.17, 15) is 9.18 Å². The van der Waals surface area contributed by atoms with Gasteiger partial charge in [0.2, 0.25) is 0 Å². The molecule has 1 saturated carbocycles. The first-order valence-electron chi connectivity index (χ1n) is 4.47. The molecule has 0 radical (unpaired) electrons. The highest BCUT2D eigenvalue weighted by molar-refractivity contribution is 5.91. The summed E-state index contributed by atoms with van der Waals surface area (Å²) in [6.45, 7) is 1.91. The lowest BCUT2D eigenvalue weighted by Gasteiger charge is -2.24. The first-order valence-corrected chi connectivity index (χ1v) is 4.47. The van der Waals surface area contributed by atoms with Gasteiger partial charge in [0.25, 0.3) is 0 Å². The molecule has 0 saturated heterocycles. The minimum Gasteiger partial charge on any atom is -0.299 e. The SMILES string of the molecule is Cc1ccc(F)c(C2CCC2=O)c1. The fourth-order valence-electron chi connectivity index (χ4n) is 1.67. The Kier molecular flexibility index (Phi) is 1.91. The van der Waals surface area contributed by atoms with E-state index in [1.165, 1.54) is 6.07 Å². The van der Waals surface area contributed by atoms with E-state index in [2.05, 4.69) is 0 Å². The molecule has 1 aliphatic rings. The molecule has 1 nitrogen and oxygen atoms in total. The van der Waals surface area contributed by atoms with Gasteiger partial charge >= 0.3 is 0 Å². The average Bonchev–Trinajstić information content (AvgIpc) is 2.09. The van der Waals surface area contributed by atoms with Gasteiger partial charge in [-0.15, -0.1) is 0 Å². The molecule has 0 spiro atoms. The van der Waals surface area contributed by atoms with Gasteiger partial charge < -0.3 is 0 Å². The molecule has 1 atom stereocenters. The summed E-state index contributed by atoms with van der Waals surface area (Å²) >= 11 is 0. The molecule has 0 heterocycles. The Labute approximate surface area is 76.6 Å². The van der Waals surface area contributed by atoms with Crippen LogP contribution in [-0.2, 0) is 4.79 Å². The third-order valence-electron chi connectivity index (χ3n) is 2.59. The predicted octanol–water partition coefficient (Wildman–Crippen LogP) is 2.58. The largest absolute Gasteiger partial charge is 0.299 e. The van der Waals surface area contributed by atoms with E-state index in [0.29, 0.717) is 12.0 Å². The molecule has 0 amide bonds. The number of halogens is 1. The lowest BCUT2D eigenvalue weighted by Crippen LogP contribution is -2.24. The van der Waals surface area contributed by atoms with E-state index in [1.54, 1.807) is 12.1 Å². The maximum absolute atomic E-state index is 13.3. The quantitative estimate of drug-likeness (QED) is 0.646. The summed E-state index contributed by atoms with van der Waals surface area (Å²) in [5, 5.41) is 0. The molecular formula is C11H11FO. The summed E-state index contributed by atoms with van der Waals surface area (Å²) in [5.74, 6) is -0.243. The second kappa shape index (κ2) is 2.95. The molecule has 0 aromatic heterocycles. The first kappa shape index (κ1) is 8.42. The highest BCUT2D eigenvalue weighted by atomic mass is 19.1. The van der Waals surface area contributed by atoms with Crippen LogP contribution < -0.4 is 0 Å². The van der Waals surface area contributed by atoms with Crippen molar-refractivity contribution < 1.29 is 9.18 Å². The minimum atomic E-state index is -0.247. The normalized spacial score (nSPS) is 21.4. The Morgan fingerprint density at radius 1 is 1.46 bits per heavy atom. The smallest absolute Gasteiger partial charge is 0.140 e. The molecule has 1 aromatic carbocycles. The molecule has 2 rings (SSSR count). The molecular weight excluding hydrogens is 167 g/mol. The molecule has 68 valence electrons. The maximum atomic E-state index is 13.3. The summed E-state index contributed by atoms with van der Waals surface area (Å²) in [7, 11) is 0. The zero-order chi connectivity index (χ0) is 9.42. The predicted molar refractivity (Wildman–Crippen MR) is 48.1 cm³/mol. The summed E-state index contributed by atoms with van der Waals surface area (Å²) in [6, 6.07) is 4.94. The van der Waals surface area contributed by atoms with Crippen molar-refractivity contribution in [3.05, 3.63) is 35.1 Å². The summed E-state index contributed by atoms with van der Waals surface area (Å²) in [6.07, 6.45) is 1.41. The second-order valence-electron chi connectivity index (χ2n) is 3.58. The van der Waals surface area contributed by atoms with Gasteiger partial charge in [-0.25, -0.2) is 4.39 Å². The zero-order valence-corrected chi connectivity index (χ0v) is 7.51. The zero-order valence-electron chi connectivity index (χ0n) is 7.51. The van der Waals surface area contributed by atoms with Crippen molar-refractivity contribution in [2.75, 3.05) is 0 Å². The highest BCUT2D eigenvalue weighted by Crippen LogP contribution is 2.34. The molecule has 1 unspecified atom stereocenters. The Morgan fingerprint density at radius 3 is 2.77 bits per heavy atom. The molecule has 1 aliphatic carbocycles. The summed E-state index contributed by atoms with van der Waals surface area (Å²) < 4.78 is 13.3. The van der Waals surface area contributed by atoms with Gasteiger partial charge in [-0.05, 0) is 25.0 Å². The average molecular weight is 178 g/mol. The third-order valence-corrected chi connectivity index (χ3v) is 2.59. The Balaban J connectivity index is 2.38. The monoisotopic (exact) mass is 178 g/mol. The molecule has 13 heavy (non-hydrogen) atoms. The van der Waals surface area contributed by atoms with Gasteiger partial charge in [-0.3, -0.25) is 4.79 Å². The van der Waals surface area contributed by atoms with E-state index in [1.807, 2.05) is 6.92 Å². The molecule has 1 aromatic rings. The van der Waals surface area contributed by atoms with E-state index >= 15 is 0 Å². The van der Waals surface area contributed by atoms with Crippen molar-refractivity contribution in [2.45, 2.75) is 25.7 Å². The molecule has 0 bridgehead atoms. The van der Waals surface area contributed by atoms with Gasteiger partial charge in [0.15, 0.2) is 0 Å². The van der Waals surface area contributed by atoms with Crippen molar-refractivity contribution in [3.8, 4) is 0 Å².